The van der Waals surface area contributed by atoms with E-state index in [1.54, 1.807) is 7.11 Å². The molecular formula is C13H21NOS. The van der Waals surface area contributed by atoms with Gasteiger partial charge in [-0.25, -0.2) is 0 Å². The van der Waals surface area contributed by atoms with Crippen LogP contribution in [-0.2, 0) is 0 Å². The number of methoxy groups -OCH3 is 1. The lowest BCUT2D eigenvalue weighted by molar-refractivity contribution is 0.410. The standard InChI is InChI=1S/C13H21NOS/c1-9-8-13(15-4)10(2)7-11(9)12(14-3)5-6-16/h7-8,12,14,16H,5-6H2,1-4H3. The van der Waals surface area contributed by atoms with Crippen molar-refractivity contribution in [3.63, 3.8) is 0 Å². The zero-order valence-electron chi connectivity index (χ0n) is 10.5. The van der Waals surface area contributed by atoms with E-state index in [1.165, 1.54) is 16.7 Å². The van der Waals surface area contributed by atoms with E-state index >= 15 is 0 Å². The van der Waals surface area contributed by atoms with Gasteiger partial charge >= 0.3 is 0 Å². The number of aryl methyl sites for hydroxylation is 2. The predicted octanol–water partition coefficient (Wildman–Crippen LogP) is 2.89. The Morgan fingerprint density at radius 2 is 2.00 bits per heavy atom. The zero-order valence-corrected chi connectivity index (χ0v) is 11.4. The average Bonchev–Trinajstić information content (AvgIpc) is 2.28. The Bertz CT molecular complexity index is 352. The van der Waals surface area contributed by atoms with E-state index < -0.39 is 0 Å². The monoisotopic (exact) mass is 239 g/mol. The molecule has 0 saturated heterocycles. The van der Waals surface area contributed by atoms with Gasteiger partial charge in [0, 0.05) is 6.04 Å². The van der Waals surface area contributed by atoms with E-state index in [9.17, 15) is 0 Å². The van der Waals surface area contributed by atoms with Gasteiger partial charge in [0.05, 0.1) is 7.11 Å². The Hall–Kier alpha value is -0.670. The molecule has 1 rings (SSSR count). The van der Waals surface area contributed by atoms with Crippen LogP contribution in [0.25, 0.3) is 0 Å². The van der Waals surface area contributed by atoms with Crippen LogP contribution in [0.5, 0.6) is 5.75 Å². The third-order valence-electron chi connectivity index (χ3n) is 2.93. The van der Waals surface area contributed by atoms with E-state index in [4.69, 9.17) is 4.74 Å². The second-order valence-electron chi connectivity index (χ2n) is 4.03. The van der Waals surface area contributed by atoms with Crippen molar-refractivity contribution in [1.29, 1.82) is 0 Å². The number of hydrogen-bond acceptors (Lipinski definition) is 3. The van der Waals surface area contributed by atoms with Crippen LogP contribution in [0, 0.1) is 13.8 Å². The average molecular weight is 239 g/mol. The van der Waals surface area contributed by atoms with Crippen molar-refractivity contribution in [1.82, 2.24) is 5.32 Å². The maximum absolute atomic E-state index is 5.32. The van der Waals surface area contributed by atoms with Crippen molar-refractivity contribution in [3.8, 4) is 5.75 Å². The molecule has 90 valence electrons. The van der Waals surface area contributed by atoms with E-state index in [1.807, 2.05) is 7.05 Å². The molecule has 0 heterocycles. The summed E-state index contributed by atoms with van der Waals surface area (Å²) in [6, 6.07) is 4.69. The third-order valence-corrected chi connectivity index (χ3v) is 3.18. The van der Waals surface area contributed by atoms with Crippen LogP contribution >= 0.6 is 12.6 Å². The molecule has 1 aromatic carbocycles. The molecule has 1 aromatic rings. The van der Waals surface area contributed by atoms with Gasteiger partial charge in [-0.3, -0.25) is 0 Å². The Labute approximate surface area is 104 Å². The summed E-state index contributed by atoms with van der Waals surface area (Å²) in [5.74, 6) is 1.85. The number of benzene rings is 1. The predicted molar refractivity (Wildman–Crippen MR) is 72.7 cm³/mol. The summed E-state index contributed by atoms with van der Waals surface area (Å²) >= 11 is 4.30. The molecule has 3 heteroatoms. The zero-order chi connectivity index (χ0) is 12.1. The fraction of sp³-hybridized carbons (Fsp3) is 0.538. The van der Waals surface area contributed by atoms with E-state index in [0.29, 0.717) is 6.04 Å². The smallest absolute Gasteiger partial charge is 0.122 e. The van der Waals surface area contributed by atoms with Crippen LogP contribution in [0.1, 0.15) is 29.2 Å². The summed E-state index contributed by atoms with van der Waals surface area (Å²) in [5, 5.41) is 3.34. The minimum absolute atomic E-state index is 0.377. The van der Waals surface area contributed by atoms with Crippen LogP contribution in [0.3, 0.4) is 0 Å². The molecule has 0 aliphatic rings. The molecule has 2 nitrogen and oxygen atoms in total. The summed E-state index contributed by atoms with van der Waals surface area (Å²) in [7, 11) is 3.71. The largest absolute Gasteiger partial charge is 0.496 e. The molecule has 1 atom stereocenters. The van der Waals surface area contributed by atoms with Gasteiger partial charge in [0.2, 0.25) is 0 Å². The quantitative estimate of drug-likeness (QED) is 0.771. The molecule has 0 amide bonds. The number of ether oxygens (including phenoxy) is 1. The van der Waals surface area contributed by atoms with Gasteiger partial charge < -0.3 is 10.1 Å². The maximum Gasteiger partial charge on any atom is 0.122 e. The van der Waals surface area contributed by atoms with Gasteiger partial charge in [0.25, 0.3) is 0 Å². The fourth-order valence-electron chi connectivity index (χ4n) is 1.99. The van der Waals surface area contributed by atoms with Crippen molar-refractivity contribution >= 4 is 12.6 Å². The van der Waals surface area contributed by atoms with Crippen LogP contribution in [0.15, 0.2) is 12.1 Å². The number of hydrogen-bond donors (Lipinski definition) is 2. The third kappa shape index (κ3) is 2.92. The first-order valence-corrected chi connectivity index (χ1v) is 6.20. The summed E-state index contributed by atoms with van der Waals surface area (Å²) in [6.45, 7) is 4.20. The lowest BCUT2D eigenvalue weighted by Crippen LogP contribution is -2.18. The molecule has 1 N–H and O–H groups in total. The summed E-state index contributed by atoms with van der Waals surface area (Å²) in [4.78, 5) is 0. The van der Waals surface area contributed by atoms with Crippen molar-refractivity contribution in [2.24, 2.45) is 0 Å². The van der Waals surface area contributed by atoms with Crippen molar-refractivity contribution in [2.45, 2.75) is 26.3 Å². The topological polar surface area (TPSA) is 21.3 Å². The summed E-state index contributed by atoms with van der Waals surface area (Å²) in [5.41, 5.74) is 3.79. The molecule has 16 heavy (non-hydrogen) atoms. The summed E-state index contributed by atoms with van der Waals surface area (Å²) < 4.78 is 5.32. The maximum atomic E-state index is 5.32. The highest BCUT2D eigenvalue weighted by atomic mass is 32.1. The Kier molecular flexibility index (Phi) is 5.16. The van der Waals surface area contributed by atoms with Crippen molar-refractivity contribution in [2.75, 3.05) is 19.9 Å². The molecular weight excluding hydrogens is 218 g/mol. The Morgan fingerprint density at radius 1 is 1.31 bits per heavy atom. The van der Waals surface area contributed by atoms with Crippen LogP contribution in [0.4, 0.5) is 0 Å². The fourth-order valence-corrected chi connectivity index (χ4v) is 2.25. The van der Waals surface area contributed by atoms with Gasteiger partial charge in [-0.2, -0.15) is 12.6 Å². The van der Waals surface area contributed by atoms with E-state index in [2.05, 4.69) is 43.9 Å². The SMILES string of the molecule is CNC(CCS)c1cc(C)c(OC)cc1C. The molecule has 0 aliphatic heterocycles. The lowest BCUT2D eigenvalue weighted by Gasteiger charge is -2.20. The highest BCUT2D eigenvalue weighted by Crippen LogP contribution is 2.28. The first-order valence-electron chi connectivity index (χ1n) is 5.57. The van der Waals surface area contributed by atoms with Crippen molar-refractivity contribution < 1.29 is 4.74 Å². The van der Waals surface area contributed by atoms with E-state index in [0.717, 1.165) is 17.9 Å². The molecule has 0 radical (unpaired) electrons. The highest BCUT2D eigenvalue weighted by molar-refractivity contribution is 7.80. The van der Waals surface area contributed by atoms with Crippen LogP contribution in [0.2, 0.25) is 0 Å². The number of nitrogens with one attached hydrogen (secondary N) is 1. The molecule has 1 unspecified atom stereocenters. The first-order chi connectivity index (χ1) is 7.63. The lowest BCUT2D eigenvalue weighted by atomic mass is 9.96. The summed E-state index contributed by atoms with van der Waals surface area (Å²) in [6.07, 6.45) is 1.03. The van der Waals surface area contributed by atoms with Gasteiger partial charge in [0.1, 0.15) is 5.75 Å². The normalized spacial score (nSPS) is 12.6. The van der Waals surface area contributed by atoms with Crippen LogP contribution < -0.4 is 10.1 Å². The molecule has 0 spiro atoms. The highest BCUT2D eigenvalue weighted by Gasteiger charge is 2.13. The van der Waals surface area contributed by atoms with Crippen molar-refractivity contribution in [3.05, 3.63) is 28.8 Å². The Morgan fingerprint density at radius 3 is 2.50 bits per heavy atom. The minimum atomic E-state index is 0.377. The van der Waals surface area contributed by atoms with Gasteiger partial charge in [-0.15, -0.1) is 0 Å². The second kappa shape index (κ2) is 6.16. The van der Waals surface area contributed by atoms with Crippen LogP contribution in [-0.4, -0.2) is 19.9 Å². The molecule has 0 bridgehead atoms. The first kappa shape index (κ1) is 13.4. The Balaban J connectivity index is 3.08. The molecule has 0 fully saturated rings. The number of thiol groups is 1. The molecule has 0 aromatic heterocycles. The minimum Gasteiger partial charge on any atom is -0.496 e. The second-order valence-corrected chi connectivity index (χ2v) is 4.48. The van der Waals surface area contributed by atoms with Gasteiger partial charge in [0.15, 0.2) is 0 Å². The van der Waals surface area contributed by atoms with Gasteiger partial charge in [-0.05, 0) is 55.8 Å². The molecule has 0 saturated carbocycles. The van der Waals surface area contributed by atoms with E-state index in [-0.39, 0.29) is 0 Å². The van der Waals surface area contributed by atoms with Gasteiger partial charge in [-0.1, -0.05) is 6.07 Å². The molecule has 0 aliphatic carbocycles. The number of rotatable bonds is 5.